The van der Waals surface area contributed by atoms with Gasteiger partial charge in [-0.1, -0.05) is 42.5 Å². The molecule has 0 unspecified atom stereocenters. The summed E-state index contributed by atoms with van der Waals surface area (Å²) in [6.45, 7) is 0.547. The minimum absolute atomic E-state index is 0.278. The van der Waals surface area contributed by atoms with Gasteiger partial charge < -0.3 is 9.55 Å². The van der Waals surface area contributed by atoms with E-state index in [1.165, 1.54) is 18.3 Å². The highest BCUT2D eigenvalue weighted by Gasteiger charge is 2.09. The number of halogens is 1. The molecule has 7 heteroatoms. The first-order chi connectivity index (χ1) is 15.1. The van der Waals surface area contributed by atoms with E-state index in [0.29, 0.717) is 17.4 Å². The van der Waals surface area contributed by atoms with E-state index in [2.05, 4.69) is 10.1 Å². The maximum absolute atomic E-state index is 13.2. The number of aromatic nitrogens is 3. The Kier molecular flexibility index (Phi) is 4.55. The molecular weight excluding hydrogens is 395 g/mol. The van der Waals surface area contributed by atoms with Gasteiger partial charge in [0, 0.05) is 29.2 Å². The molecule has 0 saturated heterocycles. The molecule has 0 aliphatic carbocycles. The third-order valence-electron chi connectivity index (χ3n) is 5.18. The molecular formula is C24H17FN4O2. The predicted octanol–water partition coefficient (Wildman–Crippen LogP) is 3.71. The van der Waals surface area contributed by atoms with E-state index in [1.54, 1.807) is 36.4 Å². The standard InChI is InChI=1S/C24H17FN4O2/c25-18-11-9-16(10-12-18)14-28-15-17(19-5-2-4-8-22(19)28)13-26-29-23(30)20-6-1-3-7-21(20)27-24(29)31/h1-13,15H,14H2,(H,27,31). The van der Waals surface area contributed by atoms with Crippen LogP contribution in [-0.2, 0) is 6.54 Å². The topological polar surface area (TPSA) is 72.2 Å². The largest absolute Gasteiger partial charge is 0.349 e. The Morgan fingerprint density at radius 3 is 2.42 bits per heavy atom. The van der Waals surface area contributed by atoms with Crippen molar-refractivity contribution >= 4 is 28.0 Å². The Bertz CT molecular complexity index is 1560. The van der Waals surface area contributed by atoms with Crippen LogP contribution in [0.15, 0.2) is 93.7 Å². The Labute approximate surface area is 175 Å². The van der Waals surface area contributed by atoms with Crippen LogP contribution < -0.4 is 11.2 Å². The molecule has 0 spiro atoms. The van der Waals surface area contributed by atoms with Crippen molar-refractivity contribution in [1.29, 1.82) is 0 Å². The van der Waals surface area contributed by atoms with E-state index in [0.717, 1.165) is 26.7 Å². The van der Waals surface area contributed by atoms with Gasteiger partial charge >= 0.3 is 5.69 Å². The SMILES string of the molecule is O=c1[nH]c2ccccc2c(=O)n1N=Cc1cn(Cc2ccc(F)cc2)c2ccccc12. The zero-order valence-corrected chi connectivity index (χ0v) is 16.3. The minimum atomic E-state index is -0.602. The first kappa shape index (κ1) is 18.7. The van der Waals surface area contributed by atoms with Crippen molar-refractivity contribution in [3.63, 3.8) is 0 Å². The summed E-state index contributed by atoms with van der Waals surface area (Å²) in [5.74, 6) is -0.278. The Hall–Kier alpha value is -4.26. The number of H-pyrrole nitrogens is 1. The molecule has 0 fully saturated rings. The summed E-state index contributed by atoms with van der Waals surface area (Å²) < 4.78 is 16.1. The average molecular weight is 412 g/mol. The molecule has 0 saturated carbocycles. The lowest BCUT2D eigenvalue weighted by Gasteiger charge is -2.05. The molecule has 5 rings (SSSR count). The zero-order valence-electron chi connectivity index (χ0n) is 16.3. The van der Waals surface area contributed by atoms with Gasteiger partial charge in [-0.2, -0.15) is 5.10 Å². The molecule has 6 nitrogen and oxygen atoms in total. The summed E-state index contributed by atoms with van der Waals surface area (Å²) in [7, 11) is 0. The van der Waals surface area contributed by atoms with Crippen LogP contribution in [0.1, 0.15) is 11.1 Å². The Morgan fingerprint density at radius 2 is 1.61 bits per heavy atom. The third kappa shape index (κ3) is 3.46. The summed E-state index contributed by atoms with van der Waals surface area (Å²) in [4.78, 5) is 27.7. The van der Waals surface area contributed by atoms with Crippen molar-refractivity contribution in [3.05, 3.63) is 117 Å². The summed E-state index contributed by atoms with van der Waals surface area (Å²) in [5, 5.41) is 5.50. The second kappa shape index (κ2) is 7.53. The predicted molar refractivity (Wildman–Crippen MR) is 119 cm³/mol. The first-order valence-corrected chi connectivity index (χ1v) is 9.71. The zero-order chi connectivity index (χ0) is 21.4. The van der Waals surface area contributed by atoms with Crippen molar-refractivity contribution in [2.24, 2.45) is 5.10 Å². The number of hydrogen-bond acceptors (Lipinski definition) is 3. The molecule has 2 heterocycles. The van der Waals surface area contributed by atoms with E-state index in [9.17, 15) is 14.0 Å². The Balaban J connectivity index is 1.58. The highest BCUT2D eigenvalue weighted by atomic mass is 19.1. The fraction of sp³-hybridized carbons (Fsp3) is 0.0417. The molecule has 0 aliphatic heterocycles. The van der Waals surface area contributed by atoms with Gasteiger partial charge in [0.1, 0.15) is 5.82 Å². The molecule has 3 aromatic carbocycles. The van der Waals surface area contributed by atoms with Crippen molar-refractivity contribution in [2.75, 3.05) is 0 Å². The monoisotopic (exact) mass is 412 g/mol. The lowest BCUT2D eigenvalue weighted by molar-refractivity contribution is 0.626. The lowest BCUT2D eigenvalue weighted by atomic mass is 10.2. The smallest absolute Gasteiger partial charge is 0.342 e. The molecule has 5 aromatic rings. The van der Waals surface area contributed by atoms with Gasteiger partial charge in [0.25, 0.3) is 5.56 Å². The fourth-order valence-electron chi connectivity index (χ4n) is 3.67. The molecule has 0 amide bonds. The van der Waals surface area contributed by atoms with E-state index in [-0.39, 0.29) is 5.82 Å². The molecule has 2 aromatic heterocycles. The van der Waals surface area contributed by atoms with Crippen LogP contribution >= 0.6 is 0 Å². The second-order valence-corrected chi connectivity index (χ2v) is 7.19. The molecule has 1 N–H and O–H groups in total. The highest BCUT2D eigenvalue weighted by Crippen LogP contribution is 2.21. The number of nitrogens with zero attached hydrogens (tertiary/aromatic N) is 3. The minimum Gasteiger partial charge on any atom is -0.342 e. The van der Waals surface area contributed by atoms with Gasteiger partial charge in [-0.15, -0.1) is 4.68 Å². The number of rotatable bonds is 4. The molecule has 31 heavy (non-hydrogen) atoms. The molecule has 152 valence electrons. The first-order valence-electron chi connectivity index (χ1n) is 9.71. The van der Waals surface area contributed by atoms with Crippen molar-refractivity contribution in [1.82, 2.24) is 14.2 Å². The summed E-state index contributed by atoms with van der Waals surface area (Å²) in [6.07, 6.45) is 3.41. The van der Waals surface area contributed by atoms with Crippen LogP contribution in [0, 0.1) is 5.82 Å². The normalized spacial score (nSPS) is 11.6. The summed E-state index contributed by atoms with van der Waals surface area (Å²) >= 11 is 0. The number of fused-ring (bicyclic) bond motifs is 2. The lowest BCUT2D eigenvalue weighted by Crippen LogP contribution is -2.32. The van der Waals surface area contributed by atoms with Gasteiger partial charge in [-0.3, -0.25) is 4.79 Å². The van der Waals surface area contributed by atoms with Gasteiger partial charge in [-0.25, -0.2) is 9.18 Å². The maximum Gasteiger partial charge on any atom is 0.349 e. The fourth-order valence-corrected chi connectivity index (χ4v) is 3.67. The third-order valence-corrected chi connectivity index (χ3v) is 5.18. The second-order valence-electron chi connectivity index (χ2n) is 7.19. The molecule has 0 radical (unpaired) electrons. The molecule has 0 aliphatic rings. The van der Waals surface area contributed by atoms with Crippen molar-refractivity contribution < 1.29 is 4.39 Å². The van der Waals surface area contributed by atoms with E-state index >= 15 is 0 Å². The van der Waals surface area contributed by atoms with Gasteiger partial charge in [0.2, 0.25) is 0 Å². The van der Waals surface area contributed by atoms with Gasteiger partial charge in [0.15, 0.2) is 0 Å². The molecule has 0 atom stereocenters. The van der Waals surface area contributed by atoms with E-state index < -0.39 is 11.2 Å². The number of para-hydroxylation sites is 2. The quantitative estimate of drug-likeness (QED) is 0.457. The van der Waals surface area contributed by atoms with Crippen LogP contribution in [0.4, 0.5) is 4.39 Å². The van der Waals surface area contributed by atoms with E-state index in [4.69, 9.17) is 0 Å². The number of nitrogens with one attached hydrogen (secondary N) is 1. The number of hydrogen-bond donors (Lipinski definition) is 1. The van der Waals surface area contributed by atoms with Crippen LogP contribution in [-0.4, -0.2) is 20.4 Å². The van der Waals surface area contributed by atoms with E-state index in [1.807, 2.05) is 35.0 Å². The van der Waals surface area contributed by atoms with Gasteiger partial charge in [-0.05, 0) is 35.9 Å². The van der Waals surface area contributed by atoms with Crippen molar-refractivity contribution in [3.8, 4) is 0 Å². The van der Waals surface area contributed by atoms with Crippen LogP contribution in [0.25, 0.3) is 21.8 Å². The Morgan fingerprint density at radius 1 is 0.903 bits per heavy atom. The van der Waals surface area contributed by atoms with Crippen LogP contribution in [0.2, 0.25) is 0 Å². The number of aromatic amines is 1. The average Bonchev–Trinajstić information content (AvgIpc) is 3.13. The van der Waals surface area contributed by atoms with Crippen LogP contribution in [0.3, 0.4) is 0 Å². The number of benzene rings is 3. The van der Waals surface area contributed by atoms with Gasteiger partial charge in [0.05, 0.1) is 17.1 Å². The summed E-state index contributed by atoms with van der Waals surface area (Å²) in [5.41, 5.74) is 2.07. The summed E-state index contributed by atoms with van der Waals surface area (Å²) in [6, 6.07) is 20.9. The maximum atomic E-state index is 13.2. The van der Waals surface area contributed by atoms with Crippen LogP contribution in [0.5, 0.6) is 0 Å². The van der Waals surface area contributed by atoms with Crippen molar-refractivity contribution in [2.45, 2.75) is 6.54 Å². The molecule has 0 bridgehead atoms. The highest BCUT2D eigenvalue weighted by molar-refractivity contribution is 5.99.